The number of hydrogen-bond acceptors (Lipinski definition) is 6. The number of allylic oxidation sites excluding steroid dienone is 4. The van der Waals surface area contributed by atoms with E-state index in [0.29, 0.717) is 19.3 Å². The van der Waals surface area contributed by atoms with Crippen molar-refractivity contribution in [2.45, 2.75) is 399 Å². The molecule has 0 rings (SSSR count). The highest BCUT2D eigenvalue weighted by Crippen LogP contribution is 2.18. The first-order valence-corrected chi connectivity index (χ1v) is 34.8. The van der Waals surface area contributed by atoms with Crippen molar-refractivity contribution in [2.24, 2.45) is 0 Å². The number of esters is 3. The average molecular weight is 1080 g/mol. The van der Waals surface area contributed by atoms with Gasteiger partial charge in [-0.2, -0.15) is 0 Å². The summed E-state index contributed by atoms with van der Waals surface area (Å²) in [6.45, 7) is 6.71. The van der Waals surface area contributed by atoms with Gasteiger partial charge in [0, 0.05) is 19.3 Å². The van der Waals surface area contributed by atoms with E-state index in [4.69, 9.17) is 14.2 Å². The molecule has 0 aromatic heterocycles. The van der Waals surface area contributed by atoms with Gasteiger partial charge in [-0.15, -0.1) is 0 Å². The molecule has 0 saturated carbocycles. The van der Waals surface area contributed by atoms with Crippen LogP contribution in [0.3, 0.4) is 0 Å². The lowest BCUT2D eigenvalue weighted by atomic mass is 10.0. The minimum Gasteiger partial charge on any atom is -0.462 e. The van der Waals surface area contributed by atoms with E-state index in [1.165, 1.54) is 295 Å². The van der Waals surface area contributed by atoms with Crippen LogP contribution in [0.15, 0.2) is 24.3 Å². The number of carbonyl (C=O) groups is 3. The first-order chi connectivity index (χ1) is 38.0. The largest absolute Gasteiger partial charge is 0.462 e. The summed E-state index contributed by atoms with van der Waals surface area (Å²) >= 11 is 0. The van der Waals surface area contributed by atoms with Gasteiger partial charge in [0.1, 0.15) is 13.2 Å². The van der Waals surface area contributed by atoms with E-state index in [0.717, 1.165) is 57.8 Å². The second-order valence-corrected chi connectivity index (χ2v) is 23.8. The van der Waals surface area contributed by atoms with Crippen LogP contribution in [0.1, 0.15) is 393 Å². The lowest BCUT2D eigenvalue weighted by molar-refractivity contribution is -0.167. The standard InChI is InChI=1S/C71H134O6/c1-4-7-10-13-16-19-22-25-28-31-33-34-35-36-37-38-39-41-43-46-49-52-55-58-61-64-70(73)76-67-68(66-75-69(72)63-60-57-54-51-48-45-42-30-27-24-21-18-15-12-9-6-3)77-71(74)65-62-59-56-53-50-47-44-40-32-29-26-23-20-17-14-11-8-5-2/h29,31-33,68H,4-28,30,34-67H2,1-3H3/b32-29-,33-31-. The molecule has 77 heavy (non-hydrogen) atoms. The zero-order chi connectivity index (χ0) is 55.7. The molecule has 0 aliphatic carbocycles. The van der Waals surface area contributed by atoms with E-state index in [9.17, 15) is 14.4 Å². The molecule has 0 amide bonds. The molecular weight excluding hydrogens is 949 g/mol. The number of carbonyl (C=O) groups excluding carboxylic acids is 3. The van der Waals surface area contributed by atoms with Gasteiger partial charge in [0.05, 0.1) is 0 Å². The smallest absolute Gasteiger partial charge is 0.306 e. The van der Waals surface area contributed by atoms with Crippen LogP contribution >= 0.6 is 0 Å². The second-order valence-electron chi connectivity index (χ2n) is 23.8. The first kappa shape index (κ1) is 74.9. The summed E-state index contributed by atoms with van der Waals surface area (Å²) in [5.74, 6) is -0.840. The van der Waals surface area contributed by atoms with E-state index >= 15 is 0 Å². The highest BCUT2D eigenvalue weighted by atomic mass is 16.6. The van der Waals surface area contributed by atoms with Crippen LogP contribution in [0.2, 0.25) is 0 Å². The minimum atomic E-state index is -0.771. The molecule has 0 spiro atoms. The minimum absolute atomic E-state index is 0.0671. The fraction of sp³-hybridized carbons (Fsp3) is 0.901. The molecule has 0 aromatic rings. The van der Waals surface area contributed by atoms with Gasteiger partial charge in [-0.1, -0.05) is 328 Å². The van der Waals surface area contributed by atoms with Gasteiger partial charge in [-0.05, 0) is 70.6 Å². The van der Waals surface area contributed by atoms with Crippen LogP contribution in [0.25, 0.3) is 0 Å². The van der Waals surface area contributed by atoms with Crippen LogP contribution in [-0.4, -0.2) is 37.2 Å². The highest BCUT2D eigenvalue weighted by Gasteiger charge is 2.19. The number of rotatable bonds is 65. The molecule has 0 fully saturated rings. The first-order valence-electron chi connectivity index (χ1n) is 34.8. The molecule has 0 bridgehead atoms. The normalized spacial score (nSPS) is 12.1. The lowest BCUT2D eigenvalue weighted by Crippen LogP contribution is -2.30. The molecule has 454 valence electrons. The van der Waals surface area contributed by atoms with Crippen LogP contribution in [0.4, 0.5) is 0 Å². The third kappa shape index (κ3) is 64.6. The third-order valence-corrected chi connectivity index (χ3v) is 15.9. The van der Waals surface area contributed by atoms with E-state index in [2.05, 4.69) is 45.1 Å². The Morgan fingerprint density at radius 2 is 0.429 bits per heavy atom. The molecule has 6 nitrogen and oxygen atoms in total. The maximum atomic E-state index is 12.9. The molecule has 0 aromatic carbocycles. The van der Waals surface area contributed by atoms with Gasteiger partial charge in [0.2, 0.25) is 0 Å². The molecule has 0 heterocycles. The Balaban J connectivity index is 4.26. The summed E-state index contributed by atoms with van der Waals surface area (Å²) in [5, 5.41) is 0. The predicted molar refractivity (Wildman–Crippen MR) is 335 cm³/mol. The van der Waals surface area contributed by atoms with Crippen LogP contribution in [0.5, 0.6) is 0 Å². The molecule has 0 saturated heterocycles. The number of hydrogen-bond donors (Lipinski definition) is 0. The Bertz CT molecular complexity index is 1240. The molecular formula is C71H134O6. The third-order valence-electron chi connectivity index (χ3n) is 15.9. The van der Waals surface area contributed by atoms with E-state index < -0.39 is 6.10 Å². The Morgan fingerprint density at radius 3 is 0.649 bits per heavy atom. The fourth-order valence-electron chi connectivity index (χ4n) is 10.7. The van der Waals surface area contributed by atoms with Crippen molar-refractivity contribution in [3.05, 3.63) is 24.3 Å². The molecule has 0 aliphatic rings. The number of unbranched alkanes of at least 4 members (excludes halogenated alkanes) is 50. The van der Waals surface area contributed by atoms with Crippen molar-refractivity contribution >= 4 is 17.9 Å². The van der Waals surface area contributed by atoms with Gasteiger partial charge < -0.3 is 14.2 Å². The Hall–Kier alpha value is -2.11. The van der Waals surface area contributed by atoms with Gasteiger partial charge in [0.15, 0.2) is 6.10 Å². The van der Waals surface area contributed by atoms with Crippen molar-refractivity contribution in [3.63, 3.8) is 0 Å². The SMILES string of the molecule is CCCCCCCCC/C=C\CCCCCCCCCC(=O)OC(COC(=O)CCCCCCCCCCCCCCC/C=C\CCCCCCCCCC)COC(=O)CCCCCCCCCCCCCCCCCC. The monoisotopic (exact) mass is 1080 g/mol. The summed E-state index contributed by atoms with van der Waals surface area (Å²) in [5.41, 5.74) is 0. The van der Waals surface area contributed by atoms with E-state index in [1.807, 2.05) is 0 Å². The van der Waals surface area contributed by atoms with Gasteiger partial charge in [-0.3, -0.25) is 14.4 Å². The second kappa shape index (κ2) is 66.4. The zero-order valence-electron chi connectivity index (χ0n) is 52.3. The van der Waals surface area contributed by atoms with Crippen LogP contribution in [0, 0.1) is 0 Å². The van der Waals surface area contributed by atoms with Crippen LogP contribution in [-0.2, 0) is 28.6 Å². The van der Waals surface area contributed by atoms with Gasteiger partial charge in [0.25, 0.3) is 0 Å². The highest BCUT2D eigenvalue weighted by molar-refractivity contribution is 5.71. The number of ether oxygens (including phenoxy) is 3. The van der Waals surface area contributed by atoms with E-state index in [-0.39, 0.29) is 31.1 Å². The Kier molecular flexibility index (Phi) is 64.6. The maximum Gasteiger partial charge on any atom is 0.306 e. The fourth-order valence-corrected chi connectivity index (χ4v) is 10.7. The quantitative estimate of drug-likeness (QED) is 0.0261. The summed E-state index contributed by atoms with van der Waals surface area (Å²) < 4.78 is 17.0. The summed E-state index contributed by atoms with van der Waals surface area (Å²) in [6.07, 6.45) is 80.5. The molecule has 6 heteroatoms. The van der Waals surface area contributed by atoms with Gasteiger partial charge in [-0.25, -0.2) is 0 Å². The maximum absolute atomic E-state index is 12.9. The van der Waals surface area contributed by atoms with Crippen molar-refractivity contribution < 1.29 is 28.6 Å². The summed E-state index contributed by atoms with van der Waals surface area (Å²) in [4.78, 5) is 38.4. The predicted octanol–water partition coefficient (Wildman–Crippen LogP) is 23.8. The molecule has 0 radical (unpaired) electrons. The molecule has 0 N–H and O–H groups in total. The van der Waals surface area contributed by atoms with Crippen molar-refractivity contribution in [2.75, 3.05) is 13.2 Å². The molecule has 1 atom stereocenters. The van der Waals surface area contributed by atoms with Crippen molar-refractivity contribution in [1.29, 1.82) is 0 Å². The molecule has 1 unspecified atom stereocenters. The lowest BCUT2D eigenvalue weighted by Gasteiger charge is -2.18. The van der Waals surface area contributed by atoms with Gasteiger partial charge >= 0.3 is 17.9 Å². The molecule has 0 aliphatic heterocycles. The van der Waals surface area contributed by atoms with Crippen molar-refractivity contribution in [3.8, 4) is 0 Å². The summed E-state index contributed by atoms with van der Waals surface area (Å²) in [6, 6.07) is 0. The van der Waals surface area contributed by atoms with Crippen molar-refractivity contribution in [1.82, 2.24) is 0 Å². The topological polar surface area (TPSA) is 78.9 Å². The average Bonchev–Trinajstić information content (AvgIpc) is 3.43. The Morgan fingerprint density at radius 1 is 0.247 bits per heavy atom. The zero-order valence-corrected chi connectivity index (χ0v) is 52.3. The van der Waals surface area contributed by atoms with Crippen LogP contribution < -0.4 is 0 Å². The summed E-state index contributed by atoms with van der Waals surface area (Å²) in [7, 11) is 0. The van der Waals surface area contributed by atoms with E-state index in [1.54, 1.807) is 0 Å². The Labute approximate surface area is 481 Å².